The van der Waals surface area contributed by atoms with Crippen LogP contribution in [0.2, 0.25) is 0 Å². The van der Waals surface area contributed by atoms with Crippen molar-refractivity contribution in [3.63, 3.8) is 0 Å². The largest absolute Gasteiger partial charge is 0.462 e. The van der Waals surface area contributed by atoms with E-state index in [4.69, 9.17) is 16.2 Å². The molecule has 19 heavy (non-hydrogen) atoms. The lowest BCUT2D eigenvalue weighted by molar-refractivity contribution is -0.117. The first-order chi connectivity index (χ1) is 8.99. The van der Waals surface area contributed by atoms with Crippen LogP contribution in [0.5, 0.6) is 0 Å². The van der Waals surface area contributed by atoms with Gasteiger partial charge >= 0.3 is 5.97 Å². The van der Waals surface area contributed by atoms with Gasteiger partial charge in [-0.05, 0) is 13.3 Å². The molecule has 0 saturated heterocycles. The highest BCUT2D eigenvalue weighted by Gasteiger charge is 2.18. The van der Waals surface area contributed by atoms with Crippen LogP contribution in [-0.4, -0.2) is 33.7 Å². The number of nitrogens with two attached hydrogens (primary N) is 2. The van der Waals surface area contributed by atoms with Crippen LogP contribution in [0.15, 0.2) is 11.4 Å². The Bertz CT molecular complexity index is 481. The number of hydrogen-bond acceptors (Lipinski definition) is 7. The van der Waals surface area contributed by atoms with Crippen molar-refractivity contribution in [1.82, 2.24) is 9.97 Å². The van der Waals surface area contributed by atoms with Crippen LogP contribution in [0, 0.1) is 0 Å². The number of nitrogen functional groups attached to an aromatic ring is 1. The van der Waals surface area contributed by atoms with E-state index in [0.29, 0.717) is 11.6 Å². The van der Waals surface area contributed by atoms with Gasteiger partial charge in [-0.2, -0.15) is 0 Å². The fourth-order valence-corrected chi connectivity index (χ4v) is 2.07. The van der Waals surface area contributed by atoms with Gasteiger partial charge in [-0.25, -0.2) is 14.8 Å². The summed E-state index contributed by atoms with van der Waals surface area (Å²) in [4.78, 5) is 30.6. The van der Waals surface area contributed by atoms with Crippen molar-refractivity contribution in [3.05, 3.63) is 11.8 Å². The highest BCUT2D eigenvalue weighted by Crippen LogP contribution is 2.23. The fraction of sp³-hybridized carbons (Fsp3) is 0.455. The number of amides is 1. The lowest BCUT2D eigenvalue weighted by Crippen LogP contribution is -2.25. The minimum absolute atomic E-state index is 0.0234. The number of thioether (sulfide) groups is 1. The van der Waals surface area contributed by atoms with Crippen molar-refractivity contribution in [2.75, 3.05) is 12.3 Å². The zero-order valence-electron chi connectivity index (χ0n) is 10.8. The van der Waals surface area contributed by atoms with Crippen molar-refractivity contribution in [3.8, 4) is 0 Å². The molecule has 0 fully saturated rings. The summed E-state index contributed by atoms with van der Waals surface area (Å²) in [5.41, 5.74) is 11.0. The molecule has 1 aromatic rings. The first kappa shape index (κ1) is 15.2. The molecule has 0 aromatic carbocycles. The maximum absolute atomic E-state index is 11.5. The first-order valence-electron chi connectivity index (χ1n) is 5.75. The van der Waals surface area contributed by atoms with Gasteiger partial charge in [-0.1, -0.05) is 18.7 Å². The minimum Gasteiger partial charge on any atom is -0.462 e. The Hall–Kier alpha value is -1.83. The van der Waals surface area contributed by atoms with Gasteiger partial charge < -0.3 is 16.2 Å². The van der Waals surface area contributed by atoms with Gasteiger partial charge in [0.1, 0.15) is 11.4 Å². The molecule has 1 unspecified atom stereocenters. The molecule has 0 spiro atoms. The molecule has 1 amide bonds. The van der Waals surface area contributed by atoms with Crippen LogP contribution < -0.4 is 11.5 Å². The molecule has 1 aromatic heterocycles. The summed E-state index contributed by atoms with van der Waals surface area (Å²) in [6, 6.07) is 0. The van der Waals surface area contributed by atoms with Crippen molar-refractivity contribution in [2.24, 2.45) is 5.73 Å². The molecule has 0 saturated carbocycles. The molecule has 0 aliphatic carbocycles. The third-order valence-corrected chi connectivity index (χ3v) is 3.48. The second kappa shape index (κ2) is 6.93. The van der Waals surface area contributed by atoms with Crippen molar-refractivity contribution in [2.45, 2.75) is 30.7 Å². The Labute approximate surface area is 115 Å². The molecular formula is C11H16N4O3S. The van der Waals surface area contributed by atoms with Gasteiger partial charge in [0.25, 0.3) is 0 Å². The Morgan fingerprint density at radius 2 is 2.16 bits per heavy atom. The number of anilines is 1. The van der Waals surface area contributed by atoms with Crippen LogP contribution >= 0.6 is 11.8 Å². The van der Waals surface area contributed by atoms with Crippen molar-refractivity contribution < 1.29 is 14.3 Å². The summed E-state index contributed by atoms with van der Waals surface area (Å²) >= 11 is 1.12. The number of primary amides is 1. The average Bonchev–Trinajstić information content (AvgIpc) is 2.35. The van der Waals surface area contributed by atoms with Gasteiger partial charge in [0, 0.05) is 6.20 Å². The maximum atomic E-state index is 11.5. The summed E-state index contributed by atoms with van der Waals surface area (Å²) in [5, 5.41) is -0.121. The number of ether oxygens (including phenoxy) is 1. The molecule has 4 N–H and O–H groups in total. The van der Waals surface area contributed by atoms with E-state index in [9.17, 15) is 9.59 Å². The van der Waals surface area contributed by atoms with Gasteiger partial charge in [0.15, 0.2) is 5.16 Å². The van der Waals surface area contributed by atoms with E-state index in [1.807, 2.05) is 6.92 Å². The van der Waals surface area contributed by atoms with E-state index < -0.39 is 17.1 Å². The van der Waals surface area contributed by atoms with Crippen molar-refractivity contribution >= 4 is 29.5 Å². The zero-order chi connectivity index (χ0) is 14.4. The lowest BCUT2D eigenvalue weighted by atomic mass is 10.3. The number of carbonyl (C=O) groups is 2. The number of aromatic nitrogens is 2. The number of nitrogens with zero attached hydrogens (tertiary/aromatic N) is 2. The summed E-state index contributed by atoms with van der Waals surface area (Å²) < 4.78 is 4.81. The molecular weight excluding hydrogens is 268 g/mol. The second-order valence-electron chi connectivity index (χ2n) is 3.59. The summed E-state index contributed by atoms with van der Waals surface area (Å²) in [7, 11) is 0. The summed E-state index contributed by atoms with van der Waals surface area (Å²) in [5.74, 6) is -0.988. The number of hydrogen-bond donors (Lipinski definition) is 2. The van der Waals surface area contributed by atoms with E-state index in [-0.39, 0.29) is 18.0 Å². The third kappa shape index (κ3) is 4.09. The lowest BCUT2D eigenvalue weighted by Gasteiger charge is -2.10. The highest BCUT2D eigenvalue weighted by atomic mass is 32.2. The van der Waals surface area contributed by atoms with Gasteiger partial charge in [0.2, 0.25) is 5.91 Å². The van der Waals surface area contributed by atoms with Gasteiger partial charge in [-0.3, -0.25) is 4.79 Å². The Balaban J connectivity index is 2.87. The molecule has 0 aliphatic heterocycles. The van der Waals surface area contributed by atoms with Crippen LogP contribution in [0.3, 0.4) is 0 Å². The Morgan fingerprint density at radius 3 is 2.63 bits per heavy atom. The standard InChI is InChI=1S/C11H16N4O3S/c1-3-7(9(13)16)19-11-14-5-6(8(12)15-11)10(17)18-4-2/h5,7H,3-4H2,1-2H3,(H2,13,16)(H2,12,14,15). The monoisotopic (exact) mass is 284 g/mol. The Kier molecular flexibility index (Phi) is 5.56. The van der Waals surface area contributed by atoms with E-state index in [1.165, 1.54) is 6.20 Å². The maximum Gasteiger partial charge on any atom is 0.343 e. The SMILES string of the molecule is CCOC(=O)c1cnc(SC(CC)C(N)=O)nc1N. The molecule has 7 nitrogen and oxygen atoms in total. The summed E-state index contributed by atoms with van der Waals surface area (Å²) in [6.07, 6.45) is 1.85. The third-order valence-electron chi connectivity index (χ3n) is 2.23. The van der Waals surface area contributed by atoms with E-state index in [2.05, 4.69) is 9.97 Å². The quantitative estimate of drug-likeness (QED) is 0.445. The first-order valence-corrected chi connectivity index (χ1v) is 6.63. The molecule has 104 valence electrons. The molecule has 1 heterocycles. The van der Waals surface area contributed by atoms with E-state index in [0.717, 1.165) is 11.8 Å². The number of carbonyl (C=O) groups excluding carboxylic acids is 2. The fourth-order valence-electron chi connectivity index (χ4n) is 1.27. The van der Waals surface area contributed by atoms with Crippen molar-refractivity contribution in [1.29, 1.82) is 0 Å². The molecule has 8 heteroatoms. The second-order valence-corrected chi connectivity index (χ2v) is 4.76. The molecule has 0 aliphatic rings. The predicted octanol–water partition coefficient (Wildman–Crippen LogP) is 0.592. The molecule has 0 radical (unpaired) electrons. The van der Waals surface area contributed by atoms with Crippen LogP contribution in [0.25, 0.3) is 0 Å². The predicted molar refractivity (Wildman–Crippen MR) is 71.5 cm³/mol. The smallest absolute Gasteiger partial charge is 0.343 e. The van der Waals surface area contributed by atoms with Gasteiger partial charge in [0.05, 0.1) is 11.9 Å². The van der Waals surface area contributed by atoms with Gasteiger partial charge in [-0.15, -0.1) is 0 Å². The van der Waals surface area contributed by atoms with E-state index in [1.54, 1.807) is 6.92 Å². The van der Waals surface area contributed by atoms with Crippen LogP contribution in [-0.2, 0) is 9.53 Å². The summed E-state index contributed by atoms with van der Waals surface area (Å²) in [6.45, 7) is 3.77. The topological polar surface area (TPSA) is 121 Å². The normalized spacial score (nSPS) is 11.9. The minimum atomic E-state index is -0.571. The molecule has 0 bridgehead atoms. The van der Waals surface area contributed by atoms with Crippen LogP contribution in [0.1, 0.15) is 30.6 Å². The molecule has 1 rings (SSSR count). The molecule has 1 atom stereocenters. The highest BCUT2D eigenvalue weighted by molar-refractivity contribution is 8.00. The average molecular weight is 284 g/mol. The van der Waals surface area contributed by atoms with Crippen LogP contribution in [0.4, 0.5) is 5.82 Å². The number of rotatable bonds is 6. The van der Waals surface area contributed by atoms with E-state index >= 15 is 0 Å². The Morgan fingerprint density at radius 1 is 1.47 bits per heavy atom. The zero-order valence-corrected chi connectivity index (χ0v) is 11.6. The number of esters is 1.